The van der Waals surface area contributed by atoms with Crippen LogP contribution in [0, 0.1) is 5.77 Å². The summed E-state index contributed by atoms with van der Waals surface area (Å²) >= 11 is 3.58. The molecule has 2 nitrogen and oxygen atoms in total. The number of thiophene rings is 2. The van der Waals surface area contributed by atoms with Crippen LogP contribution in [0.15, 0.2) is 97.1 Å². The second kappa shape index (κ2) is 42.4. The Hall–Kier alpha value is -5.01. The lowest BCUT2D eigenvalue weighted by molar-refractivity contribution is -0.585. The van der Waals surface area contributed by atoms with Crippen molar-refractivity contribution in [3.63, 3.8) is 0 Å². The number of halogens is 25. The van der Waals surface area contributed by atoms with Gasteiger partial charge in [-0.15, -0.1) is 0 Å². The molecule has 0 N–H and O–H groups in total. The molecule has 30 heteroatoms. The summed E-state index contributed by atoms with van der Waals surface area (Å²) in [6.07, 6.45) is -9.69. The van der Waals surface area contributed by atoms with E-state index in [1.165, 1.54) is 211 Å². The van der Waals surface area contributed by atoms with Gasteiger partial charge in [0.1, 0.15) is 6.15 Å². The predicted octanol–water partition coefficient (Wildman–Crippen LogP) is 24.4. The van der Waals surface area contributed by atoms with Crippen molar-refractivity contribution in [1.29, 1.82) is 0 Å². The lowest BCUT2D eigenvalue weighted by atomic mass is 9.12. The maximum absolute atomic E-state index is 14.2. The van der Waals surface area contributed by atoms with Gasteiger partial charge in [0.15, 0.2) is 10.1 Å². The van der Waals surface area contributed by atoms with Crippen LogP contribution in [0.2, 0.25) is 0 Å². The molecule has 6 rings (SSSR count). The zero-order valence-electron chi connectivity index (χ0n) is 58.9. The zero-order valence-corrected chi connectivity index (χ0v) is 62.7. The number of hydrogen-bond donors (Lipinski definition) is 0. The molecule has 0 fully saturated rings. The van der Waals surface area contributed by atoms with Crippen molar-refractivity contribution in [2.75, 3.05) is 13.2 Å². The lowest BCUT2D eigenvalue weighted by Gasteiger charge is -2.46. The van der Waals surface area contributed by atoms with Gasteiger partial charge in [0.05, 0.1) is 57.7 Å². The Labute approximate surface area is 622 Å². The SMILES string of the molecule is CCCCCCCCCCCCCCCCCCOc1ccc([I+]c2ccc(OCCCCCCCCCCCCCCCCCC)s2)s1.FC(F)(F)c1cc([B-](c2cc(C(F)(F)F)cc(C(F)(F)F)c2)(c2cc(C(F)(F)F)cc(C(F)(F)F)c2)c2cc(C(F)(F)F)cc(C(F)(F)F)c2)cc(C(F)(F)F)c1. The van der Waals surface area contributed by atoms with Gasteiger partial charge in [0.25, 0.3) is 5.77 Å². The third-order valence-corrected chi connectivity index (χ3v) is 23.9. The zero-order chi connectivity index (χ0) is 78.6. The van der Waals surface area contributed by atoms with Gasteiger partial charge in [-0.05, 0) is 49.2 Å². The van der Waals surface area contributed by atoms with Gasteiger partial charge in [-0.2, -0.15) is 127 Å². The van der Waals surface area contributed by atoms with Gasteiger partial charge in [-0.25, -0.2) is 0 Å². The first kappa shape index (κ1) is 91.6. The van der Waals surface area contributed by atoms with Crippen LogP contribution in [0.1, 0.15) is 264 Å². The van der Waals surface area contributed by atoms with E-state index >= 15 is 0 Å². The van der Waals surface area contributed by atoms with Gasteiger partial charge in [0, 0.05) is 12.1 Å². The third kappa shape index (κ3) is 31.0. The number of alkyl halides is 24. The second-order valence-corrected chi connectivity index (χ2v) is 33.2. The minimum Gasteiger partial charge on any atom is -0.484 e. The third-order valence-electron chi connectivity index (χ3n) is 18.2. The van der Waals surface area contributed by atoms with Crippen LogP contribution in [0.25, 0.3) is 0 Å². The Balaban J connectivity index is 0.000000385. The van der Waals surface area contributed by atoms with Gasteiger partial charge in [0.2, 0.25) is 0 Å². The fourth-order valence-electron chi connectivity index (χ4n) is 12.7. The Morgan fingerprint density at radius 1 is 0.245 bits per heavy atom. The molecule has 0 bridgehead atoms. The summed E-state index contributed by atoms with van der Waals surface area (Å²) in [5, 5.41) is 2.21. The fourth-order valence-corrected chi connectivity index (χ4v) is 18.6. The van der Waals surface area contributed by atoms with Gasteiger partial charge < -0.3 is 9.47 Å². The summed E-state index contributed by atoms with van der Waals surface area (Å²) < 4.78 is 356. The highest BCUT2D eigenvalue weighted by molar-refractivity contribution is 7.20. The van der Waals surface area contributed by atoms with Crippen LogP contribution >= 0.6 is 22.7 Å². The van der Waals surface area contributed by atoms with E-state index in [0.29, 0.717) is 0 Å². The predicted molar refractivity (Wildman–Crippen MR) is 366 cm³/mol. The van der Waals surface area contributed by atoms with Crippen molar-refractivity contribution in [3.05, 3.63) is 147 Å². The van der Waals surface area contributed by atoms with Crippen molar-refractivity contribution in [1.82, 2.24) is 0 Å². The molecule has 106 heavy (non-hydrogen) atoms. The fraction of sp³-hybridized carbons (Fsp3) is 0.579. The largest absolute Gasteiger partial charge is 0.484 e. The molecule has 0 amide bonds. The van der Waals surface area contributed by atoms with Crippen LogP contribution in [0.5, 0.6) is 10.1 Å². The standard InChI is InChI=1S/C44H78IO2S2.C32H12BF24/c1-3-5-7-9-11-13-15-17-19-21-23-25-27-29-31-33-39-46-43-37-35-41(48-43)45-42-36-38-44(49-42)47-40-34-32-30-28-26-24-22-20-18-16-14-12-10-8-6-4-2;34-25(35,36)13-1-14(26(37,38)39)6-21(5-13)33(22-7-15(27(40,41)42)2-16(8-22)28(43,44)45,23-9-17(29(46,47)48)3-18(10-23)30(49,50)51)24-11-19(31(52,53)54)4-20(12-24)32(55,56)57/h35-38H,3-34,39-40H2,1-2H3;1-12H/q+1;-1. The molecule has 0 saturated carbocycles. The molecule has 0 unspecified atom stereocenters. The van der Waals surface area contributed by atoms with E-state index in [9.17, 15) is 105 Å². The summed E-state index contributed by atoms with van der Waals surface area (Å²) in [5.74, 6) is 0. The maximum Gasteiger partial charge on any atom is 0.416 e. The highest BCUT2D eigenvalue weighted by Gasteiger charge is 2.47. The van der Waals surface area contributed by atoms with Crippen LogP contribution < -0.4 is 52.5 Å². The first-order valence-electron chi connectivity index (χ1n) is 36.0. The van der Waals surface area contributed by atoms with Crippen molar-refractivity contribution in [2.45, 2.75) is 269 Å². The molecular formula is C76H90BF24IO2S2. The Bertz CT molecular complexity index is 3010. The monoisotopic (exact) mass is 1690 g/mol. The Kier molecular flexibility index (Phi) is 36.7. The van der Waals surface area contributed by atoms with E-state index in [2.05, 4.69) is 38.1 Å². The quantitative estimate of drug-likeness (QED) is 0.0165. The van der Waals surface area contributed by atoms with Crippen LogP contribution in [0.4, 0.5) is 105 Å². The molecule has 0 aliphatic carbocycles. The number of rotatable bonds is 42. The molecule has 0 spiro atoms. The van der Waals surface area contributed by atoms with Crippen LogP contribution in [-0.2, 0) is 49.4 Å². The molecule has 0 saturated heterocycles. The normalized spacial score (nSPS) is 13.0. The number of hydrogen-bond acceptors (Lipinski definition) is 4. The van der Waals surface area contributed by atoms with Gasteiger partial charge >= 0.3 is 70.6 Å². The average Bonchev–Trinajstić information content (AvgIpc) is 0.797. The molecule has 2 aromatic heterocycles. The van der Waals surface area contributed by atoms with Crippen LogP contribution in [0.3, 0.4) is 0 Å². The molecule has 4 aromatic carbocycles. The first-order chi connectivity index (χ1) is 49.6. The molecule has 0 atom stereocenters. The highest BCUT2D eigenvalue weighted by Crippen LogP contribution is 2.42. The average molecular weight is 1690 g/mol. The summed E-state index contributed by atoms with van der Waals surface area (Å²) in [6, 6.07) is 0.146. The summed E-state index contributed by atoms with van der Waals surface area (Å²) in [5.41, 5.74) is -30.2. The van der Waals surface area contributed by atoms with Crippen molar-refractivity contribution in [3.8, 4) is 10.1 Å². The van der Waals surface area contributed by atoms with Gasteiger partial charge in [-0.3, -0.25) is 0 Å². The second-order valence-electron chi connectivity index (χ2n) is 26.7. The maximum atomic E-state index is 14.2. The smallest absolute Gasteiger partial charge is 0.416 e. The lowest BCUT2D eigenvalue weighted by Crippen LogP contribution is -3.61. The first-order valence-corrected chi connectivity index (χ1v) is 39.8. The molecule has 2 heterocycles. The molecule has 0 aliphatic rings. The van der Waals surface area contributed by atoms with E-state index in [1.807, 2.05) is 22.7 Å². The molecule has 6 aromatic rings. The minimum absolute atomic E-state index is 0.137. The molecule has 0 radical (unpaired) electrons. The van der Waals surface area contributed by atoms with Crippen LogP contribution in [-0.4, -0.2) is 19.4 Å². The van der Waals surface area contributed by atoms with Gasteiger partial charge in [-0.1, -0.05) is 278 Å². The van der Waals surface area contributed by atoms with E-state index in [-0.39, 0.29) is 21.2 Å². The molecule has 0 aliphatic heterocycles. The van der Waals surface area contributed by atoms with Crippen molar-refractivity contribution < 1.29 is 136 Å². The summed E-state index contributed by atoms with van der Waals surface area (Å²) in [4.78, 5) is 0. The molecule has 596 valence electrons. The number of benzene rings is 4. The number of unbranched alkanes of at least 4 members (excludes halogenated alkanes) is 30. The van der Waals surface area contributed by atoms with E-state index < -0.39 is 195 Å². The summed E-state index contributed by atoms with van der Waals surface area (Å²) in [6.45, 7) is 6.34. The van der Waals surface area contributed by atoms with E-state index in [1.54, 1.807) is 0 Å². The topological polar surface area (TPSA) is 18.5 Å². The molecular weight excluding hydrogens is 1600 g/mol. The number of ether oxygens (including phenoxy) is 2. The highest BCUT2D eigenvalue weighted by atomic mass is 127. The minimum atomic E-state index is -6.13. The van der Waals surface area contributed by atoms with Crippen molar-refractivity contribution >= 4 is 50.7 Å². The summed E-state index contributed by atoms with van der Waals surface area (Å²) in [7, 11) is 0. The van der Waals surface area contributed by atoms with E-state index in [4.69, 9.17) is 9.47 Å². The van der Waals surface area contributed by atoms with Crippen molar-refractivity contribution in [2.24, 2.45) is 0 Å². The Morgan fingerprint density at radius 2 is 0.415 bits per heavy atom. The van der Waals surface area contributed by atoms with E-state index in [0.717, 1.165) is 23.3 Å². The Morgan fingerprint density at radius 3 is 0.585 bits per heavy atom.